The molecule has 0 aliphatic heterocycles. The van der Waals surface area contributed by atoms with Gasteiger partial charge in [-0.25, -0.2) is 13.1 Å². The molecular formula is C16H21NO2SSi. The number of hydrogen-bond acceptors (Lipinski definition) is 2. The lowest BCUT2D eigenvalue weighted by Gasteiger charge is -2.17. The zero-order valence-electron chi connectivity index (χ0n) is 12.8. The summed E-state index contributed by atoms with van der Waals surface area (Å²) in [5, 5.41) is 1.40. The Morgan fingerprint density at radius 1 is 0.905 bits per heavy atom. The Labute approximate surface area is 128 Å². The quantitative estimate of drug-likeness (QED) is 0.881. The third-order valence-electron chi connectivity index (χ3n) is 3.50. The van der Waals surface area contributed by atoms with E-state index in [1.165, 1.54) is 12.2 Å². The summed E-state index contributed by atoms with van der Waals surface area (Å²) in [6.07, 6.45) is 0. The monoisotopic (exact) mass is 319 g/mol. The van der Waals surface area contributed by atoms with Gasteiger partial charge in [-0.1, -0.05) is 61.2 Å². The van der Waals surface area contributed by atoms with Crippen LogP contribution in [0, 0.1) is 0 Å². The van der Waals surface area contributed by atoms with Crippen molar-refractivity contribution in [2.75, 3.05) is 7.05 Å². The summed E-state index contributed by atoms with van der Waals surface area (Å²) in [5.74, 6) is 0. The molecule has 1 N–H and O–H groups in total. The Morgan fingerprint density at radius 2 is 1.52 bits per heavy atom. The van der Waals surface area contributed by atoms with Crippen LogP contribution >= 0.6 is 0 Å². The van der Waals surface area contributed by atoms with Crippen LogP contribution in [0.15, 0.2) is 53.4 Å². The van der Waals surface area contributed by atoms with Gasteiger partial charge in [0.1, 0.15) is 0 Å². The van der Waals surface area contributed by atoms with Gasteiger partial charge >= 0.3 is 0 Å². The van der Waals surface area contributed by atoms with Crippen LogP contribution in [0.3, 0.4) is 0 Å². The predicted molar refractivity (Wildman–Crippen MR) is 91.1 cm³/mol. The van der Waals surface area contributed by atoms with Crippen molar-refractivity contribution in [2.45, 2.75) is 24.5 Å². The minimum Gasteiger partial charge on any atom is -0.214 e. The van der Waals surface area contributed by atoms with Crippen molar-refractivity contribution in [1.82, 2.24) is 4.72 Å². The van der Waals surface area contributed by atoms with E-state index in [1.54, 1.807) is 12.1 Å². The molecular weight excluding hydrogens is 298 g/mol. The van der Waals surface area contributed by atoms with Gasteiger partial charge in [-0.05, 0) is 30.3 Å². The fourth-order valence-electron chi connectivity index (χ4n) is 2.11. The zero-order valence-corrected chi connectivity index (χ0v) is 14.7. The highest BCUT2D eigenvalue weighted by atomic mass is 32.2. The molecule has 0 saturated carbocycles. The van der Waals surface area contributed by atoms with E-state index >= 15 is 0 Å². The summed E-state index contributed by atoms with van der Waals surface area (Å²) in [4.78, 5) is 0.287. The maximum atomic E-state index is 11.7. The summed E-state index contributed by atoms with van der Waals surface area (Å²) < 4.78 is 25.8. The van der Waals surface area contributed by atoms with Crippen molar-refractivity contribution in [3.63, 3.8) is 0 Å². The Morgan fingerprint density at radius 3 is 2.05 bits per heavy atom. The van der Waals surface area contributed by atoms with E-state index in [4.69, 9.17) is 0 Å². The first-order chi connectivity index (χ1) is 9.74. The summed E-state index contributed by atoms with van der Waals surface area (Å²) in [6, 6.07) is 15.5. The van der Waals surface area contributed by atoms with E-state index < -0.39 is 18.1 Å². The molecule has 0 aromatic heterocycles. The van der Waals surface area contributed by atoms with Gasteiger partial charge < -0.3 is 0 Å². The Hall–Kier alpha value is -1.43. The second kappa shape index (κ2) is 5.75. The van der Waals surface area contributed by atoms with Crippen LogP contribution < -0.4 is 9.91 Å². The van der Waals surface area contributed by atoms with Gasteiger partial charge in [0, 0.05) is 0 Å². The molecule has 2 aromatic rings. The largest absolute Gasteiger partial charge is 0.240 e. The third-order valence-corrected chi connectivity index (χ3v) is 6.97. The number of benzene rings is 2. The smallest absolute Gasteiger partial charge is 0.214 e. The SMILES string of the molecule is CNS(=O)(=O)c1ccc(-c2cccc([Si](C)(C)C)c2)cc1. The second-order valence-corrected chi connectivity index (χ2v) is 13.0. The van der Waals surface area contributed by atoms with Gasteiger partial charge in [0.2, 0.25) is 10.0 Å². The fraction of sp³-hybridized carbons (Fsp3) is 0.250. The topological polar surface area (TPSA) is 46.2 Å². The number of hydrogen-bond donors (Lipinski definition) is 1. The first kappa shape index (κ1) is 15.9. The highest BCUT2D eigenvalue weighted by molar-refractivity contribution is 7.89. The predicted octanol–water partition coefficient (Wildman–Crippen LogP) is 2.81. The number of sulfonamides is 1. The van der Waals surface area contributed by atoms with Gasteiger partial charge in [0.15, 0.2) is 0 Å². The van der Waals surface area contributed by atoms with Crippen molar-refractivity contribution in [1.29, 1.82) is 0 Å². The molecule has 0 amide bonds. The Balaban J connectivity index is 2.40. The highest BCUT2D eigenvalue weighted by Gasteiger charge is 2.17. The number of nitrogens with one attached hydrogen (secondary N) is 1. The van der Waals surface area contributed by atoms with Crippen molar-refractivity contribution < 1.29 is 8.42 Å². The van der Waals surface area contributed by atoms with Crippen LogP contribution in [0.1, 0.15) is 0 Å². The molecule has 112 valence electrons. The molecule has 5 heteroatoms. The molecule has 21 heavy (non-hydrogen) atoms. The molecule has 2 aromatic carbocycles. The second-order valence-electron chi connectivity index (χ2n) is 6.06. The standard InChI is InChI=1S/C16H21NO2SSi/c1-17-20(18,19)15-10-8-13(9-11-15)14-6-5-7-16(12-14)21(2,3)4/h5-12,17H,1-4H3. The molecule has 0 bridgehead atoms. The minimum atomic E-state index is -3.37. The van der Waals surface area contributed by atoms with Crippen LogP contribution in [0.4, 0.5) is 0 Å². The molecule has 2 rings (SSSR count). The molecule has 0 unspecified atom stereocenters. The molecule has 0 heterocycles. The molecule has 0 aliphatic carbocycles. The van der Waals surface area contributed by atoms with Crippen LogP contribution in [0.25, 0.3) is 11.1 Å². The van der Waals surface area contributed by atoms with E-state index in [-0.39, 0.29) is 4.90 Å². The first-order valence-electron chi connectivity index (χ1n) is 6.88. The molecule has 0 atom stereocenters. The van der Waals surface area contributed by atoms with Gasteiger partial charge in [-0.3, -0.25) is 0 Å². The maximum absolute atomic E-state index is 11.7. The van der Waals surface area contributed by atoms with Gasteiger partial charge in [0.05, 0.1) is 13.0 Å². The van der Waals surface area contributed by atoms with Crippen LogP contribution in [0.2, 0.25) is 19.6 Å². The first-order valence-corrected chi connectivity index (χ1v) is 11.9. The Bertz CT molecular complexity index is 732. The third kappa shape index (κ3) is 3.61. The van der Waals surface area contributed by atoms with Gasteiger partial charge in [-0.2, -0.15) is 0 Å². The highest BCUT2D eigenvalue weighted by Crippen LogP contribution is 2.21. The van der Waals surface area contributed by atoms with Crippen LogP contribution in [-0.2, 0) is 10.0 Å². The zero-order chi connectivity index (χ0) is 15.7. The van der Waals surface area contributed by atoms with Crippen molar-refractivity contribution in [3.8, 4) is 11.1 Å². The molecule has 0 saturated heterocycles. The molecule has 0 radical (unpaired) electrons. The van der Waals surface area contributed by atoms with E-state index in [2.05, 4.69) is 48.6 Å². The van der Waals surface area contributed by atoms with Crippen molar-refractivity contribution in [3.05, 3.63) is 48.5 Å². The normalized spacial score (nSPS) is 12.4. The minimum absolute atomic E-state index is 0.287. The summed E-state index contributed by atoms with van der Waals surface area (Å²) in [6.45, 7) is 6.94. The molecule has 0 aliphatic rings. The lowest BCUT2D eigenvalue weighted by Crippen LogP contribution is -2.37. The van der Waals surface area contributed by atoms with Crippen LogP contribution in [-0.4, -0.2) is 23.5 Å². The molecule has 0 spiro atoms. The fourth-order valence-corrected chi connectivity index (χ4v) is 4.02. The molecule has 0 fully saturated rings. The van der Waals surface area contributed by atoms with Gasteiger partial charge in [0.25, 0.3) is 0 Å². The summed E-state index contributed by atoms with van der Waals surface area (Å²) in [5.41, 5.74) is 2.16. The van der Waals surface area contributed by atoms with Crippen molar-refractivity contribution in [2.24, 2.45) is 0 Å². The average Bonchev–Trinajstić information content (AvgIpc) is 2.47. The van der Waals surface area contributed by atoms with Crippen LogP contribution in [0.5, 0.6) is 0 Å². The summed E-state index contributed by atoms with van der Waals surface area (Å²) >= 11 is 0. The van der Waals surface area contributed by atoms with E-state index in [0.717, 1.165) is 11.1 Å². The van der Waals surface area contributed by atoms with Crippen molar-refractivity contribution >= 4 is 23.3 Å². The number of rotatable bonds is 4. The summed E-state index contributed by atoms with van der Waals surface area (Å²) in [7, 11) is -3.30. The van der Waals surface area contributed by atoms with Gasteiger partial charge in [-0.15, -0.1) is 0 Å². The Kier molecular flexibility index (Phi) is 4.37. The molecule has 3 nitrogen and oxygen atoms in total. The van der Waals surface area contributed by atoms with E-state index in [1.807, 2.05) is 12.1 Å². The van der Waals surface area contributed by atoms with E-state index in [0.29, 0.717) is 0 Å². The lowest BCUT2D eigenvalue weighted by molar-refractivity contribution is 0.588. The maximum Gasteiger partial charge on any atom is 0.240 e. The van der Waals surface area contributed by atoms with E-state index in [9.17, 15) is 8.42 Å². The average molecular weight is 320 g/mol. The lowest BCUT2D eigenvalue weighted by atomic mass is 10.1.